The summed E-state index contributed by atoms with van der Waals surface area (Å²) >= 11 is 0. The number of ether oxygens (including phenoxy) is 2. The Hall–Kier alpha value is -1.97. The molecular weight excluding hydrogens is 230 g/mol. The van der Waals surface area contributed by atoms with Gasteiger partial charge in [0.15, 0.2) is 0 Å². The Labute approximate surface area is 107 Å². The zero-order valence-corrected chi connectivity index (χ0v) is 10.6. The van der Waals surface area contributed by atoms with Crippen molar-refractivity contribution in [2.45, 2.75) is 19.8 Å². The first-order valence-electron chi connectivity index (χ1n) is 6.02. The third kappa shape index (κ3) is 3.03. The van der Waals surface area contributed by atoms with E-state index in [1.54, 1.807) is 0 Å². The SMILES string of the molecule is CC(C)c1ccc(NC(=O)C2=COCCO2)cc1. The molecule has 1 N–H and O–H groups in total. The van der Waals surface area contributed by atoms with E-state index in [1.165, 1.54) is 11.8 Å². The van der Waals surface area contributed by atoms with E-state index in [1.807, 2.05) is 24.3 Å². The van der Waals surface area contributed by atoms with Crippen LogP contribution in [0.1, 0.15) is 25.3 Å². The van der Waals surface area contributed by atoms with E-state index in [2.05, 4.69) is 19.2 Å². The first-order chi connectivity index (χ1) is 8.66. The predicted octanol–water partition coefficient (Wildman–Crippen LogP) is 2.64. The van der Waals surface area contributed by atoms with Gasteiger partial charge >= 0.3 is 0 Å². The molecule has 0 atom stereocenters. The van der Waals surface area contributed by atoms with Crippen molar-refractivity contribution in [2.24, 2.45) is 0 Å². The molecule has 1 aromatic rings. The number of carbonyl (C=O) groups is 1. The summed E-state index contributed by atoms with van der Waals surface area (Å²) in [4.78, 5) is 11.8. The summed E-state index contributed by atoms with van der Waals surface area (Å²) in [6.45, 7) is 5.16. The van der Waals surface area contributed by atoms with E-state index in [-0.39, 0.29) is 11.7 Å². The van der Waals surface area contributed by atoms with Gasteiger partial charge < -0.3 is 14.8 Å². The normalized spacial score (nSPS) is 14.5. The largest absolute Gasteiger partial charge is 0.494 e. The van der Waals surface area contributed by atoms with Gasteiger partial charge in [-0.2, -0.15) is 0 Å². The molecule has 1 heterocycles. The van der Waals surface area contributed by atoms with E-state index in [9.17, 15) is 4.79 Å². The second-order valence-electron chi connectivity index (χ2n) is 4.43. The Kier molecular flexibility index (Phi) is 3.87. The second-order valence-corrected chi connectivity index (χ2v) is 4.43. The zero-order chi connectivity index (χ0) is 13.0. The first-order valence-corrected chi connectivity index (χ1v) is 6.02. The number of nitrogens with one attached hydrogen (secondary N) is 1. The summed E-state index contributed by atoms with van der Waals surface area (Å²) < 4.78 is 10.2. The van der Waals surface area contributed by atoms with Crippen LogP contribution >= 0.6 is 0 Å². The van der Waals surface area contributed by atoms with Crippen molar-refractivity contribution in [3.63, 3.8) is 0 Å². The lowest BCUT2D eigenvalue weighted by Crippen LogP contribution is -2.21. The number of carbonyl (C=O) groups excluding carboxylic acids is 1. The maximum atomic E-state index is 11.8. The van der Waals surface area contributed by atoms with Crippen LogP contribution < -0.4 is 5.32 Å². The molecule has 18 heavy (non-hydrogen) atoms. The van der Waals surface area contributed by atoms with E-state index in [4.69, 9.17) is 9.47 Å². The lowest BCUT2D eigenvalue weighted by molar-refractivity contribution is -0.117. The molecule has 1 aliphatic heterocycles. The highest BCUT2D eigenvalue weighted by Crippen LogP contribution is 2.18. The molecule has 0 aliphatic carbocycles. The Morgan fingerprint density at radius 2 is 1.94 bits per heavy atom. The summed E-state index contributed by atoms with van der Waals surface area (Å²) in [7, 11) is 0. The highest BCUT2D eigenvalue weighted by Gasteiger charge is 2.14. The van der Waals surface area contributed by atoms with Crippen LogP contribution in [0.2, 0.25) is 0 Å². The van der Waals surface area contributed by atoms with E-state index in [0.29, 0.717) is 19.1 Å². The second kappa shape index (κ2) is 5.58. The molecule has 4 heteroatoms. The smallest absolute Gasteiger partial charge is 0.294 e. The third-order valence-corrected chi connectivity index (χ3v) is 2.71. The number of hydrogen-bond acceptors (Lipinski definition) is 3. The van der Waals surface area contributed by atoms with Crippen molar-refractivity contribution in [1.82, 2.24) is 0 Å². The van der Waals surface area contributed by atoms with Crippen LogP contribution in [-0.4, -0.2) is 19.1 Å². The zero-order valence-electron chi connectivity index (χ0n) is 10.6. The molecule has 4 nitrogen and oxygen atoms in total. The number of hydrogen-bond donors (Lipinski definition) is 1. The van der Waals surface area contributed by atoms with Crippen molar-refractivity contribution in [3.05, 3.63) is 41.9 Å². The topological polar surface area (TPSA) is 47.6 Å². The summed E-state index contributed by atoms with van der Waals surface area (Å²) in [5, 5.41) is 2.77. The van der Waals surface area contributed by atoms with Crippen molar-refractivity contribution in [1.29, 1.82) is 0 Å². The van der Waals surface area contributed by atoms with Gasteiger partial charge in [0.25, 0.3) is 5.91 Å². The highest BCUT2D eigenvalue weighted by atomic mass is 16.6. The molecule has 2 rings (SSSR count). The minimum absolute atomic E-state index is 0.217. The Balaban J connectivity index is 2.00. The molecule has 1 aromatic carbocycles. The van der Waals surface area contributed by atoms with E-state index in [0.717, 1.165) is 5.69 Å². The van der Waals surface area contributed by atoms with Gasteiger partial charge in [-0.05, 0) is 23.6 Å². The molecule has 96 valence electrons. The predicted molar refractivity (Wildman–Crippen MR) is 69.1 cm³/mol. The summed E-state index contributed by atoms with van der Waals surface area (Å²) in [6, 6.07) is 7.79. The van der Waals surface area contributed by atoms with Gasteiger partial charge in [0.1, 0.15) is 19.5 Å². The molecule has 0 aromatic heterocycles. The molecular formula is C14H17NO3. The van der Waals surface area contributed by atoms with Gasteiger partial charge in [-0.3, -0.25) is 4.79 Å². The maximum absolute atomic E-state index is 11.8. The Morgan fingerprint density at radius 1 is 1.22 bits per heavy atom. The van der Waals surface area contributed by atoms with Crippen LogP contribution in [0, 0.1) is 0 Å². The maximum Gasteiger partial charge on any atom is 0.294 e. The van der Waals surface area contributed by atoms with Gasteiger partial charge in [-0.25, -0.2) is 0 Å². The van der Waals surface area contributed by atoms with Crippen molar-refractivity contribution in [2.75, 3.05) is 18.5 Å². The van der Waals surface area contributed by atoms with Crippen molar-refractivity contribution >= 4 is 11.6 Å². The number of benzene rings is 1. The van der Waals surface area contributed by atoms with Gasteiger partial charge in [0.2, 0.25) is 5.76 Å². The van der Waals surface area contributed by atoms with Crippen LogP contribution in [0.15, 0.2) is 36.3 Å². The Morgan fingerprint density at radius 3 is 2.50 bits per heavy atom. The van der Waals surface area contributed by atoms with E-state index < -0.39 is 0 Å². The van der Waals surface area contributed by atoms with Gasteiger partial charge in [0.05, 0.1) is 0 Å². The highest BCUT2D eigenvalue weighted by molar-refractivity contribution is 6.02. The Bertz CT molecular complexity index is 449. The quantitative estimate of drug-likeness (QED) is 0.893. The van der Waals surface area contributed by atoms with Crippen molar-refractivity contribution < 1.29 is 14.3 Å². The van der Waals surface area contributed by atoms with Gasteiger partial charge in [0, 0.05) is 5.69 Å². The average molecular weight is 247 g/mol. The third-order valence-electron chi connectivity index (χ3n) is 2.71. The minimum Gasteiger partial charge on any atom is -0.494 e. The molecule has 0 unspecified atom stereocenters. The lowest BCUT2D eigenvalue weighted by atomic mass is 10.0. The van der Waals surface area contributed by atoms with E-state index >= 15 is 0 Å². The number of amides is 1. The average Bonchev–Trinajstić information content (AvgIpc) is 2.40. The molecule has 0 fully saturated rings. The lowest BCUT2D eigenvalue weighted by Gasteiger charge is -2.15. The van der Waals surface area contributed by atoms with Crippen LogP contribution in [0.3, 0.4) is 0 Å². The first kappa shape index (κ1) is 12.5. The molecule has 1 aliphatic rings. The summed E-state index contributed by atoms with van der Waals surface area (Å²) in [5.41, 5.74) is 1.99. The fourth-order valence-corrected chi connectivity index (χ4v) is 1.63. The fraction of sp³-hybridized carbons (Fsp3) is 0.357. The van der Waals surface area contributed by atoms with Gasteiger partial charge in [-0.15, -0.1) is 0 Å². The minimum atomic E-state index is -0.285. The molecule has 1 amide bonds. The number of anilines is 1. The van der Waals surface area contributed by atoms with Crippen molar-refractivity contribution in [3.8, 4) is 0 Å². The van der Waals surface area contributed by atoms with Crippen LogP contribution in [0.25, 0.3) is 0 Å². The standard InChI is InChI=1S/C14H17NO3/c1-10(2)11-3-5-12(6-4-11)15-14(16)13-9-17-7-8-18-13/h3-6,9-10H,7-8H2,1-2H3,(H,15,16). The molecule has 0 bridgehead atoms. The monoisotopic (exact) mass is 247 g/mol. The summed E-state index contributed by atoms with van der Waals surface area (Å²) in [5.74, 6) is 0.411. The van der Waals surface area contributed by atoms with Crippen LogP contribution in [-0.2, 0) is 14.3 Å². The number of rotatable bonds is 3. The summed E-state index contributed by atoms with van der Waals surface area (Å²) in [6.07, 6.45) is 1.35. The molecule has 0 radical (unpaired) electrons. The molecule has 0 saturated carbocycles. The molecule has 0 spiro atoms. The van der Waals surface area contributed by atoms with Crippen LogP contribution in [0.4, 0.5) is 5.69 Å². The fourth-order valence-electron chi connectivity index (χ4n) is 1.63. The van der Waals surface area contributed by atoms with Gasteiger partial charge in [-0.1, -0.05) is 26.0 Å². The van der Waals surface area contributed by atoms with Crippen LogP contribution in [0.5, 0.6) is 0 Å². The molecule has 0 saturated heterocycles.